The molecular weight excluding hydrogens is 353 g/mol. The van der Waals surface area contributed by atoms with E-state index in [-0.39, 0.29) is 24.2 Å². The molecule has 1 aliphatic rings. The zero-order valence-corrected chi connectivity index (χ0v) is 14.9. The van der Waals surface area contributed by atoms with Crippen molar-refractivity contribution in [3.05, 3.63) is 34.9 Å². The van der Waals surface area contributed by atoms with Crippen molar-refractivity contribution < 1.29 is 14.3 Å². The summed E-state index contributed by atoms with van der Waals surface area (Å²) in [5, 5.41) is 6.19. The van der Waals surface area contributed by atoms with Gasteiger partial charge in [-0.3, -0.25) is 9.59 Å². The van der Waals surface area contributed by atoms with Crippen molar-refractivity contribution in [2.45, 2.75) is 12.8 Å². The molecule has 1 saturated heterocycles. The maximum Gasteiger partial charge on any atom is 0.251 e. The molecule has 0 atom stereocenters. The summed E-state index contributed by atoms with van der Waals surface area (Å²) in [4.78, 5) is 24.2. The maximum absolute atomic E-state index is 12.3. The second-order valence-corrected chi connectivity index (χ2v) is 6.05. The molecule has 2 amide bonds. The Labute approximate surface area is 152 Å². The number of benzene rings is 1. The third-order valence-corrected chi connectivity index (χ3v) is 4.38. The topological polar surface area (TPSA) is 93.5 Å². The molecule has 4 N–H and O–H groups in total. The van der Waals surface area contributed by atoms with E-state index in [4.69, 9.17) is 22.1 Å². The predicted octanol–water partition coefficient (Wildman–Crippen LogP) is 1.36. The second kappa shape index (κ2) is 9.84. The Morgan fingerprint density at radius 3 is 2.29 bits per heavy atom. The van der Waals surface area contributed by atoms with Gasteiger partial charge in [0.05, 0.1) is 5.41 Å². The summed E-state index contributed by atoms with van der Waals surface area (Å²) >= 11 is 5.78. The number of amides is 2. The normalized spacial score (nSPS) is 15.9. The third-order valence-electron chi connectivity index (χ3n) is 4.12. The van der Waals surface area contributed by atoms with E-state index < -0.39 is 5.41 Å². The Morgan fingerprint density at radius 1 is 1.12 bits per heavy atom. The number of carbonyl (C=O) groups is 2. The molecule has 0 aliphatic carbocycles. The number of ether oxygens (including phenoxy) is 1. The molecule has 8 heteroatoms. The zero-order valence-electron chi connectivity index (χ0n) is 13.3. The SMILES string of the molecule is Cl.NCC1(C(=O)NCCNC(=O)c2ccc(Cl)cc2)CCOCC1. The lowest BCUT2D eigenvalue weighted by atomic mass is 9.79. The monoisotopic (exact) mass is 375 g/mol. The first-order chi connectivity index (χ1) is 11.1. The van der Waals surface area contributed by atoms with Gasteiger partial charge in [0, 0.05) is 43.4 Å². The Balaban J connectivity index is 0.00000288. The predicted molar refractivity (Wildman–Crippen MR) is 95.6 cm³/mol. The number of halogens is 2. The summed E-state index contributed by atoms with van der Waals surface area (Å²) in [6.07, 6.45) is 1.26. The first-order valence-electron chi connectivity index (χ1n) is 7.67. The Morgan fingerprint density at radius 2 is 1.71 bits per heavy atom. The van der Waals surface area contributed by atoms with Gasteiger partial charge in [-0.25, -0.2) is 0 Å². The van der Waals surface area contributed by atoms with Gasteiger partial charge in [0.25, 0.3) is 5.91 Å². The molecule has 0 aromatic heterocycles. The van der Waals surface area contributed by atoms with E-state index in [0.717, 1.165) is 0 Å². The lowest BCUT2D eigenvalue weighted by molar-refractivity contribution is -0.135. The first kappa shape index (κ1) is 20.7. The Hall–Kier alpha value is -1.34. The minimum absolute atomic E-state index is 0. The second-order valence-electron chi connectivity index (χ2n) is 5.62. The van der Waals surface area contributed by atoms with E-state index in [1.807, 2.05) is 0 Å². The van der Waals surface area contributed by atoms with Crippen molar-refractivity contribution in [3.8, 4) is 0 Å². The highest BCUT2D eigenvalue weighted by Gasteiger charge is 2.38. The standard InChI is InChI=1S/C16H22ClN3O3.ClH/c17-13-3-1-12(2-4-13)14(21)19-7-8-20-15(22)16(11-18)5-9-23-10-6-16;/h1-4H,5-11,18H2,(H,19,21)(H,20,22);1H. The van der Waals surface area contributed by atoms with E-state index >= 15 is 0 Å². The van der Waals surface area contributed by atoms with Crippen molar-refractivity contribution in [2.75, 3.05) is 32.8 Å². The lowest BCUT2D eigenvalue weighted by Gasteiger charge is -2.34. The van der Waals surface area contributed by atoms with Gasteiger partial charge in [0.15, 0.2) is 0 Å². The lowest BCUT2D eigenvalue weighted by Crippen LogP contribution is -2.50. The summed E-state index contributed by atoms with van der Waals surface area (Å²) in [6.45, 7) is 2.13. The molecule has 134 valence electrons. The van der Waals surface area contributed by atoms with Crippen LogP contribution < -0.4 is 16.4 Å². The van der Waals surface area contributed by atoms with Crippen LogP contribution >= 0.6 is 24.0 Å². The summed E-state index contributed by atoms with van der Waals surface area (Å²) in [6, 6.07) is 6.63. The summed E-state index contributed by atoms with van der Waals surface area (Å²) in [7, 11) is 0. The summed E-state index contributed by atoms with van der Waals surface area (Å²) in [5.41, 5.74) is 5.77. The Bertz CT molecular complexity index is 546. The van der Waals surface area contributed by atoms with E-state index in [1.54, 1.807) is 24.3 Å². The molecule has 24 heavy (non-hydrogen) atoms. The maximum atomic E-state index is 12.3. The van der Waals surface area contributed by atoms with E-state index in [0.29, 0.717) is 56.3 Å². The van der Waals surface area contributed by atoms with Crippen LogP contribution in [-0.2, 0) is 9.53 Å². The highest BCUT2D eigenvalue weighted by Crippen LogP contribution is 2.29. The minimum Gasteiger partial charge on any atom is -0.381 e. The van der Waals surface area contributed by atoms with Crippen LogP contribution in [0.15, 0.2) is 24.3 Å². The van der Waals surface area contributed by atoms with Gasteiger partial charge in [0.1, 0.15) is 0 Å². The number of hydrogen-bond acceptors (Lipinski definition) is 4. The van der Waals surface area contributed by atoms with Gasteiger partial charge >= 0.3 is 0 Å². The van der Waals surface area contributed by atoms with Gasteiger partial charge in [-0.05, 0) is 37.1 Å². The van der Waals surface area contributed by atoms with E-state index in [2.05, 4.69) is 10.6 Å². The van der Waals surface area contributed by atoms with Crippen LogP contribution in [0, 0.1) is 5.41 Å². The average molecular weight is 376 g/mol. The smallest absolute Gasteiger partial charge is 0.251 e. The van der Waals surface area contributed by atoms with Crippen LogP contribution in [0.4, 0.5) is 0 Å². The molecular formula is C16H23Cl2N3O3. The molecule has 1 aliphatic heterocycles. The molecule has 0 unspecified atom stereocenters. The molecule has 2 rings (SSSR count). The van der Waals surface area contributed by atoms with Crippen molar-refractivity contribution in [1.29, 1.82) is 0 Å². The molecule has 1 heterocycles. The fraction of sp³-hybridized carbons (Fsp3) is 0.500. The largest absolute Gasteiger partial charge is 0.381 e. The number of hydrogen-bond donors (Lipinski definition) is 3. The first-order valence-corrected chi connectivity index (χ1v) is 8.05. The van der Waals surface area contributed by atoms with Gasteiger partial charge in [0.2, 0.25) is 5.91 Å². The molecule has 0 radical (unpaired) electrons. The quantitative estimate of drug-likeness (QED) is 0.654. The highest BCUT2D eigenvalue weighted by molar-refractivity contribution is 6.30. The Kier molecular flexibility index (Phi) is 8.48. The molecule has 0 saturated carbocycles. The van der Waals surface area contributed by atoms with Crippen LogP contribution in [0.25, 0.3) is 0 Å². The van der Waals surface area contributed by atoms with Gasteiger partial charge in [-0.1, -0.05) is 11.6 Å². The fourth-order valence-electron chi connectivity index (χ4n) is 2.53. The van der Waals surface area contributed by atoms with Crippen molar-refractivity contribution >= 4 is 35.8 Å². The molecule has 1 fully saturated rings. The molecule has 1 aromatic rings. The summed E-state index contributed by atoms with van der Waals surface area (Å²) in [5.74, 6) is -0.264. The third kappa shape index (κ3) is 5.34. The van der Waals surface area contributed by atoms with E-state index in [9.17, 15) is 9.59 Å². The molecule has 0 bridgehead atoms. The van der Waals surface area contributed by atoms with Gasteiger partial charge in [-0.2, -0.15) is 0 Å². The van der Waals surface area contributed by atoms with E-state index in [1.165, 1.54) is 0 Å². The van der Waals surface area contributed by atoms with Crippen LogP contribution in [-0.4, -0.2) is 44.7 Å². The number of carbonyl (C=O) groups excluding carboxylic acids is 2. The van der Waals surface area contributed by atoms with Crippen molar-refractivity contribution in [2.24, 2.45) is 11.1 Å². The number of rotatable bonds is 6. The molecule has 1 aromatic carbocycles. The zero-order chi connectivity index (χ0) is 16.7. The van der Waals surface area contributed by atoms with Crippen molar-refractivity contribution in [1.82, 2.24) is 10.6 Å². The van der Waals surface area contributed by atoms with Crippen molar-refractivity contribution in [3.63, 3.8) is 0 Å². The minimum atomic E-state index is -0.543. The number of nitrogens with two attached hydrogens (primary N) is 1. The highest BCUT2D eigenvalue weighted by atomic mass is 35.5. The average Bonchev–Trinajstić information content (AvgIpc) is 2.59. The van der Waals surface area contributed by atoms with Gasteiger partial charge < -0.3 is 21.1 Å². The number of nitrogens with one attached hydrogen (secondary N) is 2. The van der Waals surface area contributed by atoms with Crippen LogP contribution in [0.3, 0.4) is 0 Å². The molecule has 0 spiro atoms. The van der Waals surface area contributed by atoms with Crippen LogP contribution in [0.2, 0.25) is 5.02 Å². The van der Waals surface area contributed by atoms with Crippen LogP contribution in [0.5, 0.6) is 0 Å². The van der Waals surface area contributed by atoms with Gasteiger partial charge in [-0.15, -0.1) is 12.4 Å². The van der Waals surface area contributed by atoms with Crippen LogP contribution in [0.1, 0.15) is 23.2 Å². The fourth-order valence-corrected chi connectivity index (χ4v) is 2.65. The molecule has 6 nitrogen and oxygen atoms in total. The summed E-state index contributed by atoms with van der Waals surface area (Å²) < 4.78 is 5.29.